The molecule has 0 spiro atoms. The molecule has 0 unspecified atom stereocenters. The van der Waals surface area contributed by atoms with Crippen LogP contribution in [0.4, 0.5) is 0 Å². The van der Waals surface area contributed by atoms with Crippen LogP contribution in [0.25, 0.3) is 10.2 Å². The van der Waals surface area contributed by atoms with E-state index >= 15 is 0 Å². The summed E-state index contributed by atoms with van der Waals surface area (Å²) in [6, 6.07) is 8.26. The Morgan fingerprint density at radius 3 is 2.67 bits per heavy atom. The Morgan fingerprint density at radius 2 is 1.88 bits per heavy atom. The molecule has 0 radical (unpaired) electrons. The van der Waals surface area contributed by atoms with E-state index in [2.05, 4.69) is 47.2 Å². The normalized spacial score (nSPS) is 25.3. The molecule has 0 bridgehead atoms. The highest BCUT2D eigenvalue weighted by Gasteiger charge is 2.35. The first kappa shape index (κ1) is 15.8. The molecular formula is C19H23N3OS. The second-order valence-electron chi connectivity index (χ2n) is 6.80. The van der Waals surface area contributed by atoms with Gasteiger partial charge in [0, 0.05) is 32.1 Å². The van der Waals surface area contributed by atoms with Gasteiger partial charge >= 0.3 is 0 Å². The molecule has 0 saturated carbocycles. The predicted molar refractivity (Wildman–Crippen MR) is 98.3 cm³/mol. The molecular weight excluding hydrogens is 318 g/mol. The molecule has 2 atom stereocenters. The van der Waals surface area contributed by atoms with E-state index in [-0.39, 0.29) is 11.8 Å². The van der Waals surface area contributed by atoms with E-state index in [9.17, 15) is 4.79 Å². The number of piperazine rings is 1. The molecule has 1 aromatic carbocycles. The van der Waals surface area contributed by atoms with Gasteiger partial charge in [0.1, 0.15) is 0 Å². The molecule has 24 heavy (non-hydrogen) atoms. The van der Waals surface area contributed by atoms with Crippen LogP contribution in [0, 0.1) is 5.92 Å². The number of likely N-dealkylation sites (N-methyl/N-ethyl adjacent to an activating group) is 1. The molecule has 5 heteroatoms. The second-order valence-corrected chi connectivity index (χ2v) is 7.87. The Morgan fingerprint density at radius 1 is 1.12 bits per heavy atom. The van der Waals surface area contributed by atoms with E-state index in [4.69, 9.17) is 4.98 Å². The summed E-state index contributed by atoms with van der Waals surface area (Å²) in [7, 11) is 2.12. The number of fused-ring (bicyclic) bond motifs is 1. The number of allylic oxidation sites excluding steroid dienone is 2. The van der Waals surface area contributed by atoms with Gasteiger partial charge in [0.05, 0.1) is 21.1 Å². The Hall–Kier alpha value is -1.72. The number of carbonyl (C=O) groups is 1. The molecule has 2 heterocycles. The number of aromatic nitrogens is 1. The third kappa shape index (κ3) is 2.98. The quantitative estimate of drug-likeness (QED) is 0.788. The van der Waals surface area contributed by atoms with Crippen molar-refractivity contribution in [3.8, 4) is 0 Å². The van der Waals surface area contributed by atoms with Crippen LogP contribution in [0.3, 0.4) is 0 Å². The molecule has 4 rings (SSSR count). The molecule has 1 amide bonds. The van der Waals surface area contributed by atoms with Crippen molar-refractivity contribution >= 4 is 27.5 Å². The second kappa shape index (κ2) is 6.65. The summed E-state index contributed by atoms with van der Waals surface area (Å²) < 4.78 is 1.22. The smallest absolute Gasteiger partial charge is 0.226 e. The monoisotopic (exact) mass is 341 g/mol. The van der Waals surface area contributed by atoms with Gasteiger partial charge in [0.25, 0.3) is 0 Å². The zero-order valence-electron chi connectivity index (χ0n) is 14.0. The first-order valence-electron chi connectivity index (χ1n) is 8.70. The van der Waals surface area contributed by atoms with E-state index in [1.165, 1.54) is 4.70 Å². The zero-order chi connectivity index (χ0) is 16.5. The molecule has 2 aliphatic rings. The average molecular weight is 341 g/mol. The average Bonchev–Trinajstić information content (AvgIpc) is 3.06. The van der Waals surface area contributed by atoms with Crippen molar-refractivity contribution in [2.75, 3.05) is 33.2 Å². The number of carbonyl (C=O) groups excluding carboxylic acids is 1. The van der Waals surface area contributed by atoms with Crippen LogP contribution in [0.2, 0.25) is 0 Å². The lowest BCUT2D eigenvalue weighted by molar-refractivity contribution is -0.138. The third-order valence-corrected chi connectivity index (χ3v) is 6.36. The summed E-state index contributed by atoms with van der Waals surface area (Å²) in [5.74, 6) is 0.579. The Balaban J connectivity index is 1.59. The maximum Gasteiger partial charge on any atom is 0.226 e. The van der Waals surface area contributed by atoms with Crippen LogP contribution in [0.5, 0.6) is 0 Å². The minimum absolute atomic E-state index is 0.0407. The van der Waals surface area contributed by atoms with Crippen molar-refractivity contribution in [3.63, 3.8) is 0 Å². The number of hydrogen-bond acceptors (Lipinski definition) is 4. The van der Waals surface area contributed by atoms with Crippen LogP contribution in [-0.4, -0.2) is 53.9 Å². The summed E-state index contributed by atoms with van der Waals surface area (Å²) in [4.78, 5) is 22.3. The van der Waals surface area contributed by atoms with Crippen molar-refractivity contribution in [2.45, 2.75) is 18.8 Å². The lowest BCUT2D eigenvalue weighted by Crippen LogP contribution is -2.49. The number of rotatable bonds is 2. The van der Waals surface area contributed by atoms with Crippen LogP contribution < -0.4 is 0 Å². The van der Waals surface area contributed by atoms with Crippen molar-refractivity contribution in [1.82, 2.24) is 14.8 Å². The number of hydrogen-bond donors (Lipinski definition) is 0. The van der Waals surface area contributed by atoms with E-state index < -0.39 is 0 Å². The molecule has 1 aromatic heterocycles. The molecule has 1 aliphatic carbocycles. The molecule has 126 valence electrons. The van der Waals surface area contributed by atoms with Crippen LogP contribution in [-0.2, 0) is 4.79 Å². The lowest BCUT2D eigenvalue weighted by Gasteiger charge is -2.36. The first-order chi connectivity index (χ1) is 11.7. The van der Waals surface area contributed by atoms with Crippen LogP contribution >= 0.6 is 11.3 Å². The minimum Gasteiger partial charge on any atom is -0.340 e. The largest absolute Gasteiger partial charge is 0.340 e. The maximum absolute atomic E-state index is 13.1. The number of benzene rings is 1. The molecule has 1 saturated heterocycles. The fourth-order valence-corrected chi connectivity index (χ4v) is 4.82. The fourth-order valence-electron chi connectivity index (χ4n) is 3.67. The predicted octanol–water partition coefficient (Wildman–Crippen LogP) is 3.12. The number of amides is 1. The van der Waals surface area contributed by atoms with Crippen molar-refractivity contribution in [1.29, 1.82) is 0 Å². The summed E-state index contributed by atoms with van der Waals surface area (Å²) in [6.07, 6.45) is 6.14. The lowest BCUT2D eigenvalue weighted by atomic mass is 9.82. The van der Waals surface area contributed by atoms with Crippen LogP contribution in [0.15, 0.2) is 36.4 Å². The van der Waals surface area contributed by atoms with Gasteiger partial charge in [-0.3, -0.25) is 4.79 Å². The summed E-state index contributed by atoms with van der Waals surface area (Å²) in [6.45, 7) is 3.64. The van der Waals surface area contributed by atoms with Crippen LogP contribution in [0.1, 0.15) is 23.8 Å². The van der Waals surface area contributed by atoms with Gasteiger partial charge in [-0.2, -0.15) is 0 Å². The highest BCUT2D eigenvalue weighted by atomic mass is 32.1. The summed E-state index contributed by atoms with van der Waals surface area (Å²) in [5, 5.41) is 1.12. The van der Waals surface area contributed by atoms with Gasteiger partial charge in [0.15, 0.2) is 0 Å². The first-order valence-corrected chi connectivity index (χ1v) is 9.52. The fraction of sp³-hybridized carbons (Fsp3) is 0.474. The van der Waals surface area contributed by atoms with Gasteiger partial charge in [-0.05, 0) is 32.0 Å². The van der Waals surface area contributed by atoms with Crippen molar-refractivity contribution < 1.29 is 4.79 Å². The maximum atomic E-state index is 13.1. The van der Waals surface area contributed by atoms with Crippen molar-refractivity contribution in [3.05, 3.63) is 41.4 Å². The molecule has 4 nitrogen and oxygen atoms in total. The van der Waals surface area contributed by atoms with E-state index in [0.717, 1.165) is 49.5 Å². The molecule has 1 fully saturated rings. The topological polar surface area (TPSA) is 36.4 Å². The summed E-state index contributed by atoms with van der Waals surface area (Å²) >= 11 is 1.75. The molecule has 1 aliphatic heterocycles. The highest BCUT2D eigenvalue weighted by Crippen LogP contribution is 2.39. The van der Waals surface area contributed by atoms with E-state index in [0.29, 0.717) is 5.91 Å². The van der Waals surface area contributed by atoms with Gasteiger partial charge in [-0.25, -0.2) is 4.98 Å². The number of thiazole rings is 1. The number of nitrogens with zero attached hydrogens (tertiary/aromatic N) is 3. The van der Waals surface area contributed by atoms with Gasteiger partial charge in [-0.1, -0.05) is 24.3 Å². The SMILES string of the molecule is CN1CCN(C(=O)[C@H]2CC=CC[C@H]2c2nc3ccccc3s2)CC1. The molecule has 0 N–H and O–H groups in total. The third-order valence-electron chi connectivity index (χ3n) is 5.19. The standard InChI is InChI=1S/C19H23N3OS/c1-21-10-12-22(13-11-21)19(23)15-7-3-2-6-14(15)18-20-16-8-4-5-9-17(16)24-18/h2-5,8-9,14-15H,6-7,10-13H2,1H3/t14-,15+/m1/s1. The van der Waals surface area contributed by atoms with E-state index in [1.807, 2.05) is 6.07 Å². The zero-order valence-corrected chi connectivity index (χ0v) is 14.8. The van der Waals surface area contributed by atoms with Gasteiger partial charge < -0.3 is 9.80 Å². The Kier molecular flexibility index (Phi) is 4.37. The van der Waals surface area contributed by atoms with E-state index in [1.54, 1.807) is 11.3 Å². The Labute approximate surface area is 146 Å². The number of para-hydroxylation sites is 1. The van der Waals surface area contributed by atoms with Gasteiger partial charge in [0.2, 0.25) is 5.91 Å². The Bertz CT molecular complexity index is 728. The summed E-state index contributed by atoms with van der Waals surface area (Å²) in [5.41, 5.74) is 1.05. The molecule has 2 aromatic rings. The van der Waals surface area contributed by atoms with Gasteiger partial charge in [-0.15, -0.1) is 11.3 Å². The highest BCUT2D eigenvalue weighted by molar-refractivity contribution is 7.18. The van der Waals surface area contributed by atoms with Crippen molar-refractivity contribution in [2.24, 2.45) is 5.92 Å². The minimum atomic E-state index is 0.0407.